The number of esters is 2. The number of fused-ring (bicyclic) bond motifs is 2. The molecule has 0 saturated carbocycles. The van der Waals surface area contributed by atoms with Gasteiger partial charge in [0.25, 0.3) is 0 Å². The molecule has 0 aliphatic heterocycles. The second kappa shape index (κ2) is 15.3. The van der Waals surface area contributed by atoms with Crippen molar-refractivity contribution in [2.75, 3.05) is 13.2 Å². The van der Waals surface area contributed by atoms with Gasteiger partial charge in [-0.05, 0) is 92.0 Å². The summed E-state index contributed by atoms with van der Waals surface area (Å²) in [5.41, 5.74) is 0.932. The Balaban J connectivity index is 0.000000289. The number of para-hydroxylation sites is 2. The molecule has 0 saturated heterocycles. The summed E-state index contributed by atoms with van der Waals surface area (Å²) < 4.78 is 48.5. The summed E-state index contributed by atoms with van der Waals surface area (Å²) in [7, 11) is 0. The van der Waals surface area contributed by atoms with Gasteiger partial charge in [-0.2, -0.15) is 13.2 Å². The van der Waals surface area contributed by atoms with Gasteiger partial charge in [0.05, 0.1) is 18.7 Å². The SMILES string of the molecule is CCOC(=O)C(C)(C)c1cc2ccccc2[nH]1.CCOC(=O)C(C)(C)c1cc2ccccc2n1C(=O)OC(C)(C)C.O=CC(F)(F)F. The summed E-state index contributed by atoms with van der Waals surface area (Å²) in [4.78, 5) is 49.1. The van der Waals surface area contributed by atoms with Gasteiger partial charge in [0, 0.05) is 22.3 Å². The van der Waals surface area contributed by atoms with E-state index in [-0.39, 0.29) is 18.5 Å². The highest BCUT2D eigenvalue weighted by Gasteiger charge is 2.37. The number of aromatic amines is 1. The molecule has 0 aliphatic carbocycles. The Bertz CT molecular complexity index is 1660. The summed E-state index contributed by atoms with van der Waals surface area (Å²) in [5.74, 6) is -0.579. The number of alkyl halides is 3. The molecule has 12 heteroatoms. The first-order valence-electron chi connectivity index (χ1n) is 15.0. The van der Waals surface area contributed by atoms with Gasteiger partial charge < -0.3 is 19.2 Å². The Morgan fingerprint density at radius 3 is 1.74 bits per heavy atom. The minimum absolute atomic E-state index is 0.202. The van der Waals surface area contributed by atoms with E-state index in [1.807, 2.05) is 102 Å². The molecule has 0 aliphatic rings. The Morgan fingerprint density at radius 2 is 1.26 bits per heavy atom. The van der Waals surface area contributed by atoms with Crippen molar-refractivity contribution < 1.29 is 46.6 Å². The van der Waals surface area contributed by atoms with Crippen LogP contribution in [0.25, 0.3) is 21.8 Å². The molecule has 2 heterocycles. The molecule has 4 rings (SSSR count). The van der Waals surface area contributed by atoms with Gasteiger partial charge >= 0.3 is 24.2 Å². The summed E-state index contributed by atoms with van der Waals surface area (Å²) in [6.45, 7) is 17.0. The number of aldehydes is 1. The molecule has 0 unspecified atom stereocenters. The minimum atomic E-state index is -4.64. The highest BCUT2D eigenvalue weighted by Crippen LogP contribution is 2.32. The Kier molecular flexibility index (Phi) is 12.6. The molecule has 0 atom stereocenters. The van der Waals surface area contributed by atoms with Crippen LogP contribution in [0.1, 0.15) is 73.7 Å². The molecular formula is C35H43F3N2O7. The first-order chi connectivity index (χ1) is 21.7. The number of carbonyl (C=O) groups excluding carboxylic acids is 4. The molecule has 2 aromatic heterocycles. The van der Waals surface area contributed by atoms with E-state index in [0.717, 1.165) is 22.0 Å². The third kappa shape index (κ3) is 10.2. The zero-order chi connectivity index (χ0) is 35.8. The number of hydrogen-bond acceptors (Lipinski definition) is 7. The van der Waals surface area contributed by atoms with E-state index in [0.29, 0.717) is 17.8 Å². The lowest BCUT2D eigenvalue weighted by atomic mass is 9.89. The number of nitrogens with zero attached hydrogens (tertiary/aromatic N) is 1. The second-order valence-electron chi connectivity index (χ2n) is 12.5. The number of ether oxygens (including phenoxy) is 3. The molecule has 47 heavy (non-hydrogen) atoms. The van der Waals surface area contributed by atoms with Crippen molar-refractivity contribution >= 4 is 46.1 Å². The fourth-order valence-corrected chi connectivity index (χ4v) is 4.37. The van der Waals surface area contributed by atoms with E-state index < -0.39 is 35.0 Å². The quantitative estimate of drug-likeness (QED) is 0.126. The Labute approximate surface area is 272 Å². The van der Waals surface area contributed by atoms with Crippen LogP contribution >= 0.6 is 0 Å². The summed E-state index contributed by atoms with van der Waals surface area (Å²) in [6, 6.07) is 19.3. The second-order valence-corrected chi connectivity index (χ2v) is 12.5. The number of nitrogens with one attached hydrogen (secondary N) is 1. The van der Waals surface area contributed by atoms with Crippen LogP contribution in [0.3, 0.4) is 0 Å². The largest absolute Gasteiger partial charge is 0.465 e. The number of benzene rings is 2. The molecular weight excluding hydrogens is 617 g/mol. The number of aromatic nitrogens is 2. The van der Waals surface area contributed by atoms with E-state index in [1.165, 1.54) is 4.57 Å². The van der Waals surface area contributed by atoms with Gasteiger partial charge in [-0.15, -0.1) is 0 Å². The number of hydrogen-bond donors (Lipinski definition) is 1. The van der Waals surface area contributed by atoms with Crippen LogP contribution in [-0.4, -0.2) is 58.9 Å². The molecule has 9 nitrogen and oxygen atoms in total. The van der Waals surface area contributed by atoms with Crippen molar-refractivity contribution in [1.29, 1.82) is 0 Å². The fourth-order valence-electron chi connectivity index (χ4n) is 4.37. The van der Waals surface area contributed by atoms with Crippen molar-refractivity contribution in [3.63, 3.8) is 0 Å². The maximum absolute atomic E-state index is 12.8. The first-order valence-corrected chi connectivity index (χ1v) is 15.0. The smallest absolute Gasteiger partial charge is 0.446 e. The van der Waals surface area contributed by atoms with Crippen LogP contribution in [-0.2, 0) is 39.4 Å². The number of H-pyrrole nitrogens is 1. The van der Waals surface area contributed by atoms with Crippen molar-refractivity contribution in [2.24, 2.45) is 0 Å². The van der Waals surface area contributed by atoms with Gasteiger partial charge in [-0.1, -0.05) is 36.4 Å². The molecule has 0 fully saturated rings. The van der Waals surface area contributed by atoms with Crippen molar-refractivity contribution in [3.8, 4) is 0 Å². The van der Waals surface area contributed by atoms with Crippen LogP contribution in [0.5, 0.6) is 0 Å². The zero-order valence-corrected chi connectivity index (χ0v) is 28.2. The van der Waals surface area contributed by atoms with E-state index in [2.05, 4.69) is 4.98 Å². The van der Waals surface area contributed by atoms with Gasteiger partial charge in [0.1, 0.15) is 16.4 Å². The standard InChI is InChI=1S/C19H25NO4.C14H17NO2.C2HF3O/c1-7-23-16(21)19(5,6)15-12-13-10-8-9-11-14(13)20(15)17(22)24-18(2,3)4;1-4-17-13(16)14(2,3)12-9-10-7-5-6-8-11(10)15-12;3-2(4,5)1-6/h8-12H,7H2,1-6H3;5-9,15H,4H2,1-3H3;1H. The lowest BCUT2D eigenvalue weighted by Crippen LogP contribution is -2.36. The normalized spacial score (nSPS) is 11.9. The Morgan fingerprint density at radius 1 is 0.766 bits per heavy atom. The van der Waals surface area contributed by atoms with Crippen LogP contribution in [0, 0.1) is 0 Å². The lowest BCUT2D eigenvalue weighted by molar-refractivity contribution is -0.156. The fraction of sp³-hybridized carbons (Fsp3) is 0.429. The molecule has 4 aromatic rings. The van der Waals surface area contributed by atoms with Gasteiger partial charge in [0.15, 0.2) is 0 Å². The molecule has 0 amide bonds. The van der Waals surface area contributed by atoms with Crippen LogP contribution in [0.2, 0.25) is 0 Å². The molecule has 2 aromatic carbocycles. The Hall–Kier alpha value is -4.61. The van der Waals surface area contributed by atoms with Crippen molar-refractivity contribution in [3.05, 3.63) is 72.1 Å². The van der Waals surface area contributed by atoms with Gasteiger partial charge in [-0.25, -0.2) is 9.36 Å². The summed E-state index contributed by atoms with van der Waals surface area (Å²) in [5, 5.41) is 1.98. The third-order valence-corrected chi connectivity index (χ3v) is 6.84. The van der Waals surface area contributed by atoms with Crippen LogP contribution < -0.4 is 0 Å². The predicted molar refractivity (Wildman–Crippen MR) is 173 cm³/mol. The number of rotatable bonds is 6. The van der Waals surface area contributed by atoms with E-state index in [4.69, 9.17) is 19.0 Å². The third-order valence-electron chi connectivity index (χ3n) is 6.84. The molecule has 0 bridgehead atoms. The first kappa shape index (κ1) is 38.6. The van der Waals surface area contributed by atoms with E-state index >= 15 is 0 Å². The van der Waals surface area contributed by atoms with Gasteiger partial charge in [0.2, 0.25) is 6.29 Å². The van der Waals surface area contributed by atoms with Crippen molar-refractivity contribution in [2.45, 2.75) is 84.9 Å². The lowest BCUT2D eigenvalue weighted by Gasteiger charge is -2.26. The predicted octanol–water partition coefficient (Wildman–Crippen LogP) is 8.02. The summed E-state index contributed by atoms with van der Waals surface area (Å²) in [6.07, 6.45) is -6.21. The van der Waals surface area contributed by atoms with Gasteiger partial charge in [-0.3, -0.25) is 14.4 Å². The maximum Gasteiger partial charge on any atom is 0.446 e. The zero-order valence-electron chi connectivity index (χ0n) is 28.2. The van der Waals surface area contributed by atoms with Crippen molar-refractivity contribution in [1.82, 2.24) is 9.55 Å². The number of halogens is 3. The maximum atomic E-state index is 12.8. The number of carbonyl (C=O) groups is 4. The van der Waals surface area contributed by atoms with E-state index in [1.54, 1.807) is 20.8 Å². The average molecular weight is 661 g/mol. The topological polar surface area (TPSA) is 117 Å². The van der Waals surface area contributed by atoms with E-state index in [9.17, 15) is 27.6 Å². The van der Waals surface area contributed by atoms with Crippen LogP contribution in [0.15, 0.2) is 60.7 Å². The molecule has 256 valence electrons. The van der Waals surface area contributed by atoms with Crippen LogP contribution in [0.4, 0.5) is 18.0 Å². The molecule has 0 radical (unpaired) electrons. The molecule has 1 N–H and O–H groups in total. The minimum Gasteiger partial charge on any atom is -0.465 e. The summed E-state index contributed by atoms with van der Waals surface area (Å²) >= 11 is 0. The monoisotopic (exact) mass is 660 g/mol. The highest BCUT2D eigenvalue weighted by atomic mass is 19.4. The molecule has 0 spiro atoms. The highest BCUT2D eigenvalue weighted by molar-refractivity contribution is 5.94. The average Bonchev–Trinajstić information content (AvgIpc) is 3.60.